The Bertz CT molecular complexity index is 457. The van der Waals surface area contributed by atoms with Gasteiger partial charge in [0, 0.05) is 25.3 Å². The van der Waals surface area contributed by atoms with E-state index in [-0.39, 0.29) is 5.91 Å². The van der Waals surface area contributed by atoms with Crippen LogP contribution in [0, 0.1) is 6.92 Å². The molecular weight excluding hydrogens is 240 g/mol. The summed E-state index contributed by atoms with van der Waals surface area (Å²) in [6.45, 7) is 4.77. The van der Waals surface area contributed by atoms with E-state index in [4.69, 9.17) is 0 Å². The number of unbranched alkanes of at least 4 members (excludes halogenated alkanes) is 1. The van der Waals surface area contributed by atoms with Crippen molar-refractivity contribution in [2.24, 2.45) is 0 Å². The molecule has 1 aliphatic carbocycles. The second kappa shape index (κ2) is 5.99. The summed E-state index contributed by atoms with van der Waals surface area (Å²) in [4.78, 5) is 22.6. The van der Waals surface area contributed by atoms with Crippen LogP contribution < -0.4 is 5.32 Å². The molecule has 0 radical (unpaired) electrons. The number of carbonyl (C=O) groups is 1. The summed E-state index contributed by atoms with van der Waals surface area (Å²) >= 11 is 0. The van der Waals surface area contributed by atoms with Gasteiger partial charge in [-0.15, -0.1) is 0 Å². The monoisotopic (exact) mass is 262 g/mol. The fourth-order valence-electron chi connectivity index (χ4n) is 1.85. The maximum absolute atomic E-state index is 12.3. The van der Waals surface area contributed by atoms with Crippen molar-refractivity contribution in [3.8, 4) is 0 Å². The molecule has 1 heterocycles. The molecule has 1 amide bonds. The van der Waals surface area contributed by atoms with Gasteiger partial charge in [-0.3, -0.25) is 4.79 Å². The van der Waals surface area contributed by atoms with Crippen LogP contribution in [0.1, 0.15) is 48.8 Å². The summed E-state index contributed by atoms with van der Waals surface area (Å²) in [5.41, 5.74) is 1.31. The van der Waals surface area contributed by atoms with Crippen molar-refractivity contribution in [2.45, 2.75) is 45.6 Å². The molecule has 2 rings (SSSR count). The molecule has 0 bridgehead atoms. The topological polar surface area (TPSA) is 58.1 Å². The molecule has 5 heteroatoms. The number of nitrogens with one attached hydrogen (secondary N) is 1. The Labute approximate surface area is 114 Å². The van der Waals surface area contributed by atoms with Gasteiger partial charge in [-0.25, -0.2) is 9.97 Å². The third-order valence-electron chi connectivity index (χ3n) is 3.18. The number of rotatable bonds is 6. The van der Waals surface area contributed by atoms with Crippen LogP contribution in [0.5, 0.6) is 0 Å². The highest BCUT2D eigenvalue weighted by atomic mass is 16.2. The van der Waals surface area contributed by atoms with Crippen LogP contribution in [0.3, 0.4) is 0 Å². The fraction of sp³-hybridized carbons (Fsp3) is 0.643. The Kier molecular flexibility index (Phi) is 4.35. The number of nitrogens with zero attached hydrogens (tertiary/aromatic N) is 3. The fourth-order valence-corrected chi connectivity index (χ4v) is 1.85. The molecule has 0 saturated heterocycles. The molecule has 1 N–H and O–H groups in total. The molecule has 0 unspecified atom stereocenters. The van der Waals surface area contributed by atoms with Crippen LogP contribution in [0.4, 0.5) is 5.95 Å². The SMILES string of the molecule is CCCCN(C)C(=O)c1cc(C)nc(NC2CC2)n1. The van der Waals surface area contributed by atoms with Gasteiger partial charge < -0.3 is 10.2 Å². The predicted octanol–water partition coefficient (Wildman–Crippen LogP) is 2.23. The maximum atomic E-state index is 12.3. The van der Waals surface area contributed by atoms with Crippen LogP contribution >= 0.6 is 0 Å². The van der Waals surface area contributed by atoms with Crippen LogP contribution in [-0.2, 0) is 0 Å². The minimum atomic E-state index is -0.0298. The number of hydrogen-bond donors (Lipinski definition) is 1. The van der Waals surface area contributed by atoms with E-state index in [0.717, 1.165) is 37.9 Å². The second-order valence-corrected chi connectivity index (χ2v) is 5.22. The van der Waals surface area contributed by atoms with E-state index < -0.39 is 0 Å². The molecule has 1 aromatic heterocycles. The van der Waals surface area contributed by atoms with Gasteiger partial charge >= 0.3 is 0 Å². The van der Waals surface area contributed by atoms with Crippen molar-refractivity contribution in [2.75, 3.05) is 18.9 Å². The van der Waals surface area contributed by atoms with Crippen LogP contribution in [-0.4, -0.2) is 40.4 Å². The van der Waals surface area contributed by atoms with E-state index in [1.54, 1.807) is 11.0 Å². The number of amides is 1. The summed E-state index contributed by atoms with van der Waals surface area (Å²) < 4.78 is 0. The molecule has 1 fully saturated rings. The summed E-state index contributed by atoms with van der Waals surface area (Å²) in [5.74, 6) is 0.549. The molecule has 19 heavy (non-hydrogen) atoms. The van der Waals surface area contributed by atoms with E-state index in [0.29, 0.717) is 17.7 Å². The number of anilines is 1. The molecule has 104 valence electrons. The first-order valence-corrected chi connectivity index (χ1v) is 6.98. The second-order valence-electron chi connectivity index (χ2n) is 5.22. The lowest BCUT2D eigenvalue weighted by Crippen LogP contribution is -2.29. The smallest absolute Gasteiger partial charge is 0.272 e. The Morgan fingerprint density at radius 1 is 1.47 bits per heavy atom. The van der Waals surface area contributed by atoms with Crippen molar-refractivity contribution in [3.05, 3.63) is 17.5 Å². The molecule has 1 aliphatic rings. The Hall–Kier alpha value is -1.65. The predicted molar refractivity (Wildman–Crippen MR) is 75.3 cm³/mol. The van der Waals surface area contributed by atoms with Crippen LogP contribution in [0.15, 0.2) is 6.07 Å². The molecule has 1 aromatic rings. The normalized spacial score (nSPS) is 14.3. The lowest BCUT2D eigenvalue weighted by Gasteiger charge is -2.16. The van der Waals surface area contributed by atoms with Crippen molar-refractivity contribution in [3.63, 3.8) is 0 Å². The van der Waals surface area contributed by atoms with Gasteiger partial charge in [0.2, 0.25) is 5.95 Å². The lowest BCUT2D eigenvalue weighted by atomic mass is 10.2. The zero-order valence-corrected chi connectivity index (χ0v) is 11.9. The molecule has 5 nitrogen and oxygen atoms in total. The summed E-state index contributed by atoms with van der Waals surface area (Å²) in [6, 6.07) is 2.24. The summed E-state index contributed by atoms with van der Waals surface area (Å²) in [6.07, 6.45) is 4.42. The minimum absolute atomic E-state index is 0.0298. The Morgan fingerprint density at radius 3 is 2.84 bits per heavy atom. The highest BCUT2D eigenvalue weighted by Crippen LogP contribution is 2.23. The number of hydrogen-bond acceptors (Lipinski definition) is 4. The van der Waals surface area contributed by atoms with Gasteiger partial charge in [0.25, 0.3) is 5.91 Å². The molecule has 0 atom stereocenters. The highest BCUT2D eigenvalue weighted by Gasteiger charge is 2.23. The standard InChI is InChI=1S/C14H22N4O/c1-4-5-8-18(3)13(19)12-9-10(2)15-14(17-12)16-11-6-7-11/h9,11H,4-8H2,1-3H3,(H,15,16,17). The average molecular weight is 262 g/mol. The first-order chi connectivity index (χ1) is 9.10. The van der Waals surface area contributed by atoms with Crippen LogP contribution in [0.25, 0.3) is 0 Å². The van der Waals surface area contributed by atoms with E-state index in [1.165, 1.54) is 0 Å². The van der Waals surface area contributed by atoms with Crippen molar-refractivity contribution in [1.82, 2.24) is 14.9 Å². The number of aryl methyl sites for hydroxylation is 1. The van der Waals surface area contributed by atoms with Crippen molar-refractivity contribution in [1.29, 1.82) is 0 Å². The number of aromatic nitrogens is 2. The van der Waals surface area contributed by atoms with Gasteiger partial charge in [-0.05, 0) is 32.3 Å². The quantitative estimate of drug-likeness (QED) is 0.854. The van der Waals surface area contributed by atoms with Gasteiger partial charge in [0.1, 0.15) is 5.69 Å². The molecule has 0 aliphatic heterocycles. The average Bonchev–Trinajstić information content (AvgIpc) is 3.18. The minimum Gasteiger partial charge on any atom is -0.351 e. The Balaban J connectivity index is 2.08. The van der Waals surface area contributed by atoms with Crippen LogP contribution in [0.2, 0.25) is 0 Å². The van der Waals surface area contributed by atoms with E-state index >= 15 is 0 Å². The Morgan fingerprint density at radius 2 is 2.21 bits per heavy atom. The largest absolute Gasteiger partial charge is 0.351 e. The lowest BCUT2D eigenvalue weighted by molar-refractivity contribution is 0.0787. The van der Waals surface area contributed by atoms with Gasteiger partial charge in [0.15, 0.2) is 0 Å². The number of carbonyl (C=O) groups excluding carboxylic acids is 1. The first kappa shape index (κ1) is 13.8. The first-order valence-electron chi connectivity index (χ1n) is 6.98. The maximum Gasteiger partial charge on any atom is 0.272 e. The van der Waals surface area contributed by atoms with Crippen molar-refractivity contribution >= 4 is 11.9 Å². The zero-order valence-electron chi connectivity index (χ0n) is 11.9. The summed E-state index contributed by atoms with van der Waals surface area (Å²) in [7, 11) is 1.82. The third-order valence-corrected chi connectivity index (χ3v) is 3.18. The summed E-state index contributed by atoms with van der Waals surface area (Å²) in [5, 5.41) is 3.24. The molecule has 0 aromatic carbocycles. The molecule has 0 spiro atoms. The zero-order chi connectivity index (χ0) is 13.8. The van der Waals surface area contributed by atoms with Gasteiger partial charge in [-0.1, -0.05) is 13.3 Å². The van der Waals surface area contributed by atoms with Gasteiger partial charge in [0.05, 0.1) is 0 Å². The van der Waals surface area contributed by atoms with E-state index in [2.05, 4.69) is 22.2 Å². The third kappa shape index (κ3) is 3.91. The van der Waals surface area contributed by atoms with E-state index in [9.17, 15) is 4.79 Å². The molecular formula is C14H22N4O. The van der Waals surface area contributed by atoms with E-state index in [1.807, 2.05) is 14.0 Å². The van der Waals surface area contributed by atoms with Crippen molar-refractivity contribution < 1.29 is 4.79 Å². The van der Waals surface area contributed by atoms with Gasteiger partial charge in [-0.2, -0.15) is 0 Å². The molecule has 1 saturated carbocycles. The highest BCUT2D eigenvalue weighted by molar-refractivity contribution is 5.92.